The average molecular weight is 331 g/mol. The molecule has 1 amide bonds. The quantitative estimate of drug-likeness (QED) is 0.757. The summed E-state index contributed by atoms with van der Waals surface area (Å²) in [5.74, 6) is 1.55. The maximum absolute atomic E-state index is 12.6. The molecule has 2 aromatic rings. The van der Waals surface area contributed by atoms with Crippen LogP contribution in [0.2, 0.25) is 0 Å². The molecule has 0 radical (unpaired) electrons. The largest absolute Gasteiger partial charge is 0.497 e. The van der Waals surface area contributed by atoms with Crippen molar-refractivity contribution in [3.63, 3.8) is 0 Å². The molecule has 2 rings (SSSR count). The Morgan fingerprint density at radius 1 is 1.26 bits per heavy atom. The minimum absolute atomic E-state index is 0.110. The second kappa shape index (κ2) is 7.64. The molecule has 1 heterocycles. The number of thiophene rings is 1. The molecule has 124 valence electrons. The Bertz CT molecular complexity index is 659. The number of methoxy groups -OCH3 is 1. The van der Waals surface area contributed by atoms with Crippen LogP contribution in [0.4, 0.5) is 0 Å². The molecule has 0 saturated heterocycles. The molecular weight excluding hydrogens is 306 g/mol. The van der Waals surface area contributed by atoms with Crippen LogP contribution in [0.1, 0.15) is 34.8 Å². The molecule has 4 heteroatoms. The molecule has 0 atom stereocenters. The van der Waals surface area contributed by atoms with Crippen molar-refractivity contribution in [2.75, 3.05) is 20.7 Å². The van der Waals surface area contributed by atoms with E-state index in [2.05, 4.69) is 20.8 Å². The molecule has 0 aliphatic carbocycles. The van der Waals surface area contributed by atoms with Gasteiger partial charge in [-0.3, -0.25) is 4.79 Å². The molecular formula is C19H25NO2S. The number of amides is 1. The predicted octanol–water partition coefficient (Wildman–Crippen LogP) is 4.85. The third-order valence-corrected chi connectivity index (χ3v) is 4.96. The minimum atomic E-state index is 0.110. The lowest BCUT2D eigenvalue weighted by atomic mass is 10.1. The van der Waals surface area contributed by atoms with Crippen LogP contribution < -0.4 is 4.74 Å². The highest BCUT2D eigenvalue weighted by atomic mass is 32.1. The first kappa shape index (κ1) is 17.5. The zero-order valence-corrected chi connectivity index (χ0v) is 15.4. The van der Waals surface area contributed by atoms with Crippen LogP contribution in [0, 0.1) is 12.8 Å². The van der Waals surface area contributed by atoms with Gasteiger partial charge in [-0.2, -0.15) is 0 Å². The van der Waals surface area contributed by atoms with Crippen LogP contribution in [-0.2, 0) is 0 Å². The fourth-order valence-electron chi connectivity index (χ4n) is 2.39. The molecule has 0 N–H and O–H groups in total. The summed E-state index contributed by atoms with van der Waals surface area (Å²) >= 11 is 1.57. The summed E-state index contributed by atoms with van der Waals surface area (Å²) in [6.45, 7) is 7.21. The molecule has 0 saturated carbocycles. The van der Waals surface area contributed by atoms with Gasteiger partial charge in [0.05, 0.1) is 12.0 Å². The van der Waals surface area contributed by atoms with Crippen LogP contribution in [0.3, 0.4) is 0 Å². The summed E-state index contributed by atoms with van der Waals surface area (Å²) in [5, 5.41) is 0. The molecule has 23 heavy (non-hydrogen) atoms. The molecule has 0 bridgehead atoms. The van der Waals surface area contributed by atoms with Crippen LogP contribution in [0.5, 0.6) is 5.75 Å². The van der Waals surface area contributed by atoms with Crippen molar-refractivity contribution >= 4 is 17.2 Å². The third kappa shape index (κ3) is 4.35. The molecule has 0 fully saturated rings. The van der Waals surface area contributed by atoms with E-state index in [1.807, 2.05) is 42.3 Å². The Morgan fingerprint density at radius 3 is 2.48 bits per heavy atom. The van der Waals surface area contributed by atoms with Gasteiger partial charge in [0.1, 0.15) is 5.75 Å². The van der Waals surface area contributed by atoms with Gasteiger partial charge in [0, 0.05) is 18.5 Å². The SMILES string of the molecule is COc1ccc(-c2cc(C(=O)N(C)CCC(C)C)sc2C)cc1. The zero-order chi connectivity index (χ0) is 17.0. The lowest BCUT2D eigenvalue weighted by molar-refractivity contribution is 0.0794. The van der Waals surface area contributed by atoms with Crippen LogP contribution in [0.15, 0.2) is 30.3 Å². The van der Waals surface area contributed by atoms with Gasteiger partial charge < -0.3 is 9.64 Å². The van der Waals surface area contributed by atoms with E-state index in [0.29, 0.717) is 5.92 Å². The summed E-state index contributed by atoms with van der Waals surface area (Å²) in [6.07, 6.45) is 1.03. The Morgan fingerprint density at radius 2 is 1.91 bits per heavy atom. The molecule has 1 aromatic carbocycles. The first-order chi connectivity index (χ1) is 10.9. The number of benzene rings is 1. The molecule has 0 spiro atoms. The zero-order valence-electron chi connectivity index (χ0n) is 14.6. The van der Waals surface area contributed by atoms with E-state index in [1.165, 1.54) is 0 Å². The highest BCUT2D eigenvalue weighted by Crippen LogP contribution is 2.32. The van der Waals surface area contributed by atoms with Gasteiger partial charge in [0.15, 0.2) is 0 Å². The van der Waals surface area contributed by atoms with Crippen molar-refractivity contribution in [1.82, 2.24) is 4.90 Å². The van der Waals surface area contributed by atoms with Crippen LogP contribution >= 0.6 is 11.3 Å². The normalized spacial score (nSPS) is 10.9. The molecule has 3 nitrogen and oxygen atoms in total. The van der Waals surface area contributed by atoms with Gasteiger partial charge in [0.25, 0.3) is 5.91 Å². The summed E-state index contributed by atoms with van der Waals surface area (Å²) in [6, 6.07) is 9.97. The summed E-state index contributed by atoms with van der Waals surface area (Å²) < 4.78 is 5.20. The van der Waals surface area contributed by atoms with E-state index in [-0.39, 0.29) is 5.91 Å². The Labute approximate surface area is 142 Å². The maximum Gasteiger partial charge on any atom is 0.263 e. The van der Waals surface area contributed by atoms with Crippen molar-refractivity contribution in [3.05, 3.63) is 40.1 Å². The summed E-state index contributed by atoms with van der Waals surface area (Å²) in [4.78, 5) is 16.4. The fraction of sp³-hybridized carbons (Fsp3) is 0.421. The number of hydrogen-bond donors (Lipinski definition) is 0. The van der Waals surface area contributed by atoms with E-state index in [1.54, 1.807) is 18.4 Å². The second-order valence-electron chi connectivity index (χ2n) is 6.22. The van der Waals surface area contributed by atoms with E-state index in [0.717, 1.165) is 39.6 Å². The average Bonchev–Trinajstić information content (AvgIpc) is 2.93. The van der Waals surface area contributed by atoms with Gasteiger partial charge in [-0.15, -0.1) is 11.3 Å². The van der Waals surface area contributed by atoms with Gasteiger partial charge in [-0.25, -0.2) is 0 Å². The maximum atomic E-state index is 12.6. The monoisotopic (exact) mass is 331 g/mol. The Hall–Kier alpha value is -1.81. The number of rotatable bonds is 6. The third-order valence-electron chi connectivity index (χ3n) is 3.92. The van der Waals surface area contributed by atoms with E-state index in [9.17, 15) is 4.79 Å². The van der Waals surface area contributed by atoms with E-state index < -0.39 is 0 Å². The number of ether oxygens (including phenoxy) is 1. The number of carbonyl (C=O) groups is 1. The highest BCUT2D eigenvalue weighted by molar-refractivity contribution is 7.14. The number of aryl methyl sites for hydroxylation is 1. The van der Waals surface area contributed by atoms with Gasteiger partial charge >= 0.3 is 0 Å². The predicted molar refractivity (Wildman–Crippen MR) is 97.5 cm³/mol. The second-order valence-corrected chi connectivity index (χ2v) is 7.47. The van der Waals surface area contributed by atoms with Crippen LogP contribution in [-0.4, -0.2) is 31.5 Å². The van der Waals surface area contributed by atoms with Crippen molar-refractivity contribution in [2.45, 2.75) is 27.2 Å². The van der Waals surface area contributed by atoms with Crippen molar-refractivity contribution < 1.29 is 9.53 Å². The Kier molecular flexibility index (Phi) is 5.83. The lowest BCUT2D eigenvalue weighted by Gasteiger charge is -2.17. The van der Waals surface area contributed by atoms with E-state index in [4.69, 9.17) is 4.74 Å². The first-order valence-electron chi connectivity index (χ1n) is 7.92. The van der Waals surface area contributed by atoms with Gasteiger partial charge in [-0.1, -0.05) is 26.0 Å². The standard InChI is InChI=1S/C19H25NO2S/c1-13(2)10-11-20(4)19(21)18-12-17(14(3)23-18)15-6-8-16(22-5)9-7-15/h6-9,12-13H,10-11H2,1-5H3. The topological polar surface area (TPSA) is 29.5 Å². The highest BCUT2D eigenvalue weighted by Gasteiger charge is 2.17. The first-order valence-corrected chi connectivity index (χ1v) is 8.74. The number of nitrogens with zero attached hydrogens (tertiary/aromatic N) is 1. The lowest BCUT2D eigenvalue weighted by Crippen LogP contribution is -2.27. The molecule has 0 aliphatic heterocycles. The van der Waals surface area contributed by atoms with Crippen molar-refractivity contribution in [3.8, 4) is 16.9 Å². The molecule has 0 unspecified atom stereocenters. The van der Waals surface area contributed by atoms with Gasteiger partial charge in [-0.05, 0) is 48.6 Å². The molecule has 1 aromatic heterocycles. The number of hydrogen-bond acceptors (Lipinski definition) is 3. The number of carbonyl (C=O) groups excluding carboxylic acids is 1. The fourth-order valence-corrected chi connectivity index (χ4v) is 3.42. The molecule has 0 aliphatic rings. The summed E-state index contributed by atoms with van der Waals surface area (Å²) in [7, 11) is 3.54. The van der Waals surface area contributed by atoms with Gasteiger partial charge in [0.2, 0.25) is 0 Å². The van der Waals surface area contributed by atoms with Crippen LogP contribution in [0.25, 0.3) is 11.1 Å². The smallest absolute Gasteiger partial charge is 0.263 e. The van der Waals surface area contributed by atoms with Crippen molar-refractivity contribution in [1.29, 1.82) is 0 Å². The van der Waals surface area contributed by atoms with Crippen molar-refractivity contribution in [2.24, 2.45) is 5.92 Å². The minimum Gasteiger partial charge on any atom is -0.497 e. The van der Waals surface area contributed by atoms with E-state index >= 15 is 0 Å². The Balaban J connectivity index is 2.18. The summed E-state index contributed by atoms with van der Waals surface area (Å²) in [5.41, 5.74) is 2.24.